The Kier molecular flexibility index (Phi) is 46.0. The first-order valence-electron chi connectivity index (χ1n) is 24.7. The summed E-state index contributed by atoms with van der Waals surface area (Å²) in [5.41, 5.74) is 0. The summed E-state index contributed by atoms with van der Waals surface area (Å²) in [7, 11) is -4.44. The smallest absolute Gasteiger partial charge is 0.463 e. The van der Waals surface area contributed by atoms with Gasteiger partial charge in [-0.25, -0.2) is 4.57 Å². The number of rotatable bonds is 45. The number of unbranched alkanes of at least 4 members (excludes halogenated alkanes) is 16. The lowest BCUT2D eigenvalue weighted by atomic mass is 10.1. The highest BCUT2D eigenvalue weighted by Gasteiger charge is 2.23. The minimum Gasteiger partial charge on any atom is -0.463 e. The van der Waals surface area contributed by atoms with Crippen LogP contribution >= 0.6 is 7.82 Å². The molecule has 0 rings (SSSR count). The predicted molar refractivity (Wildman–Crippen MR) is 265 cm³/mol. The van der Waals surface area contributed by atoms with E-state index in [9.17, 15) is 24.2 Å². The second kappa shape index (κ2) is 48.4. The number of phosphoric ester groups is 1. The maximum atomic E-state index is 12.1. The van der Waals surface area contributed by atoms with Crippen molar-refractivity contribution in [2.45, 2.75) is 200 Å². The quantitative estimate of drug-likeness (QED) is 0.0238. The Hall–Kier alpha value is -3.07. The van der Waals surface area contributed by atoms with Crippen molar-refractivity contribution in [3.63, 3.8) is 0 Å². The third kappa shape index (κ3) is 49.8. The first-order chi connectivity index (χ1) is 30.8. The maximum Gasteiger partial charge on any atom is 0.472 e. The zero-order valence-corrected chi connectivity index (χ0v) is 40.6. The van der Waals surface area contributed by atoms with Gasteiger partial charge in [-0.15, -0.1) is 0 Å². The van der Waals surface area contributed by atoms with E-state index in [2.05, 4.69) is 116 Å². The second-order valence-corrected chi connectivity index (χ2v) is 17.5. The van der Waals surface area contributed by atoms with Gasteiger partial charge in [-0.05, 0) is 96.3 Å². The largest absolute Gasteiger partial charge is 0.472 e. The first kappa shape index (κ1) is 59.9. The standard InChI is InChI=1S/C53H90NO8P/c1-3-5-7-9-11-13-15-17-19-21-23-25-27-29-31-33-35-37-39-41-43-45-52(56)54-47-48-61-63(58,59)62-50-51(55)49-60-53(57)46-44-42-40-38-36-34-32-30-28-26-24-22-20-18-16-14-12-10-8-6-4-2/h5,7,11-14,17-20,23-26,29,31,51,55H,3-4,6,8-10,15-16,21-22,27-28,30,32-50H2,1-2H3,(H,54,56)(H,58,59)/b7-5-,13-11-,14-12-,19-17-,20-18-,25-23-,26-24-,31-29-. The van der Waals surface area contributed by atoms with Gasteiger partial charge in [-0.1, -0.05) is 182 Å². The van der Waals surface area contributed by atoms with Crippen LogP contribution in [0.1, 0.15) is 194 Å². The Morgan fingerprint density at radius 1 is 0.508 bits per heavy atom. The molecule has 0 saturated carbocycles. The molecule has 9 nitrogen and oxygen atoms in total. The van der Waals surface area contributed by atoms with Crippen molar-refractivity contribution in [3.8, 4) is 0 Å². The van der Waals surface area contributed by atoms with E-state index in [1.54, 1.807) is 0 Å². The molecular weight excluding hydrogens is 810 g/mol. The van der Waals surface area contributed by atoms with Crippen molar-refractivity contribution in [3.05, 3.63) is 97.2 Å². The van der Waals surface area contributed by atoms with Crippen LogP contribution in [0.15, 0.2) is 97.2 Å². The summed E-state index contributed by atoms with van der Waals surface area (Å²) in [6.45, 7) is 3.37. The van der Waals surface area contributed by atoms with Crippen molar-refractivity contribution in [1.29, 1.82) is 0 Å². The topological polar surface area (TPSA) is 131 Å². The first-order valence-corrected chi connectivity index (χ1v) is 26.2. The Morgan fingerprint density at radius 3 is 1.37 bits per heavy atom. The second-order valence-electron chi connectivity index (χ2n) is 16.0. The molecule has 0 aliphatic carbocycles. The highest BCUT2D eigenvalue weighted by Crippen LogP contribution is 2.42. The van der Waals surface area contributed by atoms with Crippen LogP contribution in [0.5, 0.6) is 0 Å². The van der Waals surface area contributed by atoms with Crippen LogP contribution in [0.4, 0.5) is 0 Å². The minimum absolute atomic E-state index is 0.0640. The molecule has 3 N–H and O–H groups in total. The van der Waals surface area contributed by atoms with Crippen molar-refractivity contribution in [2.24, 2.45) is 0 Å². The lowest BCUT2D eigenvalue weighted by molar-refractivity contribution is -0.147. The van der Waals surface area contributed by atoms with E-state index >= 15 is 0 Å². The normalized spacial score (nSPS) is 14.0. The molecule has 2 unspecified atom stereocenters. The highest BCUT2D eigenvalue weighted by atomic mass is 31.2. The van der Waals surface area contributed by atoms with Gasteiger partial charge in [0.2, 0.25) is 5.91 Å². The molecule has 360 valence electrons. The van der Waals surface area contributed by atoms with E-state index in [0.29, 0.717) is 6.42 Å². The van der Waals surface area contributed by atoms with Crippen LogP contribution in [-0.4, -0.2) is 54.3 Å². The Morgan fingerprint density at radius 2 is 0.905 bits per heavy atom. The summed E-state index contributed by atoms with van der Waals surface area (Å²) in [6, 6.07) is 0. The molecule has 0 aromatic heterocycles. The SMILES string of the molecule is CC/C=C\C/C=C\C/C=C\C/C=C\C/C=C\CCCCCCCC(=O)NCCOP(=O)(O)OCC(O)COC(=O)CCCCCCCCCC/C=C\C/C=C\C/C=C\CCCCC. The van der Waals surface area contributed by atoms with E-state index in [-0.39, 0.29) is 32.1 Å². The summed E-state index contributed by atoms with van der Waals surface area (Å²) < 4.78 is 27.0. The lowest BCUT2D eigenvalue weighted by Gasteiger charge is -2.15. The number of hydrogen-bond donors (Lipinski definition) is 3. The summed E-state index contributed by atoms with van der Waals surface area (Å²) in [4.78, 5) is 34.1. The van der Waals surface area contributed by atoms with Crippen molar-refractivity contribution in [2.75, 3.05) is 26.4 Å². The molecule has 0 bridgehead atoms. The van der Waals surface area contributed by atoms with E-state index in [1.807, 2.05) is 0 Å². The number of hydrogen-bond acceptors (Lipinski definition) is 7. The summed E-state index contributed by atoms with van der Waals surface area (Å²) >= 11 is 0. The number of carbonyl (C=O) groups is 2. The van der Waals surface area contributed by atoms with Gasteiger partial charge in [0, 0.05) is 19.4 Å². The average Bonchev–Trinajstić information content (AvgIpc) is 3.27. The molecule has 0 aliphatic rings. The molecule has 2 atom stereocenters. The third-order valence-corrected chi connectivity index (χ3v) is 11.0. The minimum atomic E-state index is -4.44. The van der Waals surface area contributed by atoms with E-state index < -0.39 is 26.5 Å². The lowest BCUT2D eigenvalue weighted by Crippen LogP contribution is -2.27. The zero-order chi connectivity index (χ0) is 46.0. The Bertz CT molecular complexity index is 1350. The van der Waals surface area contributed by atoms with Gasteiger partial charge in [-0.2, -0.15) is 0 Å². The molecule has 0 spiro atoms. The number of ether oxygens (including phenoxy) is 1. The number of aliphatic hydroxyl groups excluding tert-OH is 1. The van der Waals surface area contributed by atoms with Crippen molar-refractivity contribution in [1.82, 2.24) is 5.32 Å². The molecule has 1 amide bonds. The molecule has 0 aromatic carbocycles. The van der Waals surface area contributed by atoms with E-state index in [4.69, 9.17) is 13.8 Å². The monoisotopic (exact) mass is 900 g/mol. The van der Waals surface area contributed by atoms with Crippen molar-refractivity contribution < 1.29 is 37.9 Å². The van der Waals surface area contributed by atoms with Gasteiger partial charge in [0.1, 0.15) is 12.7 Å². The fraction of sp³-hybridized carbons (Fsp3) is 0.660. The summed E-state index contributed by atoms with van der Waals surface area (Å²) in [6.07, 6.45) is 63.3. The molecule has 0 aliphatic heterocycles. The molecule has 63 heavy (non-hydrogen) atoms. The van der Waals surface area contributed by atoms with Crippen LogP contribution in [0.3, 0.4) is 0 Å². The fourth-order valence-electron chi connectivity index (χ4n) is 6.30. The van der Waals surface area contributed by atoms with E-state index in [1.165, 1.54) is 51.4 Å². The number of amides is 1. The van der Waals surface area contributed by atoms with Crippen molar-refractivity contribution >= 4 is 19.7 Å². The number of nitrogens with one attached hydrogen (secondary N) is 1. The molecule has 0 fully saturated rings. The van der Waals surface area contributed by atoms with Crippen LogP contribution in [0.2, 0.25) is 0 Å². The molecule has 0 heterocycles. The molecule has 0 aromatic rings. The van der Waals surface area contributed by atoms with Gasteiger partial charge in [0.05, 0.1) is 13.2 Å². The summed E-state index contributed by atoms with van der Waals surface area (Å²) in [5.74, 6) is -0.548. The van der Waals surface area contributed by atoms with Gasteiger partial charge < -0.3 is 20.1 Å². The van der Waals surface area contributed by atoms with Crippen LogP contribution in [0, 0.1) is 0 Å². The number of esters is 1. The Balaban J connectivity index is 3.65. The Labute approximate surface area is 385 Å². The number of carbonyl (C=O) groups excluding carboxylic acids is 2. The number of allylic oxidation sites excluding steroid dienone is 16. The van der Waals surface area contributed by atoms with Gasteiger partial charge in [-0.3, -0.25) is 18.6 Å². The van der Waals surface area contributed by atoms with Gasteiger partial charge in [0.25, 0.3) is 0 Å². The number of phosphoric acid groups is 1. The van der Waals surface area contributed by atoms with Crippen LogP contribution in [-0.2, 0) is 27.9 Å². The van der Waals surface area contributed by atoms with Crippen LogP contribution < -0.4 is 5.32 Å². The molecule has 0 saturated heterocycles. The average molecular weight is 900 g/mol. The van der Waals surface area contributed by atoms with E-state index in [0.717, 1.165) is 116 Å². The van der Waals surface area contributed by atoms with Crippen LogP contribution in [0.25, 0.3) is 0 Å². The summed E-state index contributed by atoms with van der Waals surface area (Å²) in [5, 5.41) is 12.7. The van der Waals surface area contributed by atoms with Gasteiger partial charge in [0.15, 0.2) is 0 Å². The maximum absolute atomic E-state index is 12.1. The molecule has 10 heteroatoms. The zero-order valence-electron chi connectivity index (χ0n) is 39.7. The molecule has 0 radical (unpaired) electrons. The highest BCUT2D eigenvalue weighted by molar-refractivity contribution is 7.47. The predicted octanol–water partition coefficient (Wildman–Crippen LogP) is 14.6. The van der Waals surface area contributed by atoms with Gasteiger partial charge >= 0.3 is 13.8 Å². The fourth-order valence-corrected chi connectivity index (χ4v) is 7.05. The molecular formula is C53H90NO8P. The number of aliphatic hydroxyl groups is 1. The third-order valence-electron chi connectivity index (χ3n) is 10.00.